The molecule has 0 amide bonds. The molecule has 0 aliphatic rings. The normalized spacial score (nSPS) is 12.4. The third-order valence-electron chi connectivity index (χ3n) is 2.78. The van der Waals surface area contributed by atoms with Crippen LogP contribution in [0.25, 0.3) is 0 Å². The Balaban J connectivity index is 3.30. The first-order valence-corrected chi connectivity index (χ1v) is 7.12. The lowest BCUT2D eigenvalue weighted by Crippen LogP contribution is -2.23. The quantitative estimate of drug-likeness (QED) is 0.724. The van der Waals surface area contributed by atoms with Crippen LogP contribution >= 0.6 is 15.9 Å². The van der Waals surface area contributed by atoms with Gasteiger partial charge in [0.25, 0.3) is 0 Å². The predicted molar refractivity (Wildman–Crippen MR) is 81.7 cm³/mol. The standard InChI is InChI=1S/C16H21BrO2/c1-15(2,3)13(18)10-7-11(9-12(17)8-10)14(19)16(4,5)6/h7-9H,1-6H3. The lowest BCUT2D eigenvalue weighted by atomic mass is 9.83. The maximum absolute atomic E-state index is 12.3. The van der Waals surface area contributed by atoms with Gasteiger partial charge < -0.3 is 0 Å². The number of ketones is 2. The molecule has 0 atom stereocenters. The summed E-state index contributed by atoms with van der Waals surface area (Å²) in [4.78, 5) is 24.6. The molecule has 1 aromatic rings. The summed E-state index contributed by atoms with van der Waals surface area (Å²) < 4.78 is 0.759. The highest BCUT2D eigenvalue weighted by Crippen LogP contribution is 2.27. The molecule has 3 heteroatoms. The zero-order chi connectivity index (χ0) is 15.0. The molecule has 0 radical (unpaired) electrons. The molecule has 0 N–H and O–H groups in total. The molecule has 2 nitrogen and oxygen atoms in total. The van der Waals surface area contributed by atoms with Gasteiger partial charge in [-0.25, -0.2) is 0 Å². The molecule has 0 unspecified atom stereocenters. The Labute approximate surface area is 123 Å². The summed E-state index contributed by atoms with van der Waals surface area (Å²) >= 11 is 3.38. The molecule has 104 valence electrons. The second kappa shape index (κ2) is 5.20. The number of Topliss-reactive ketones (excluding diaryl/α,β-unsaturated/α-hetero) is 2. The summed E-state index contributed by atoms with van der Waals surface area (Å²) in [5, 5.41) is 0. The Kier molecular flexibility index (Phi) is 4.40. The van der Waals surface area contributed by atoms with Crippen LogP contribution in [0.2, 0.25) is 0 Å². The van der Waals surface area contributed by atoms with Gasteiger partial charge in [0.15, 0.2) is 11.6 Å². The molecule has 0 bridgehead atoms. The van der Waals surface area contributed by atoms with Crippen LogP contribution in [0, 0.1) is 10.8 Å². The van der Waals surface area contributed by atoms with E-state index in [2.05, 4.69) is 15.9 Å². The van der Waals surface area contributed by atoms with E-state index in [1.165, 1.54) is 0 Å². The molecule has 0 heterocycles. The van der Waals surface area contributed by atoms with Gasteiger partial charge in [0.2, 0.25) is 0 Å². The average Bonchev–Trinajstić information content (AvgIpc) is 2.23. The highest BCUT2D eigenvalue weighted by molar-refractivity contribution is 9.10. The lowest BCUT2D eigenvalue weighted by molar-refractivity contribution is 0.0856. The fourth-order valence-corrected chi connectivity index (χ4v) is 2.21. The van der Waals surface area contributed by atoms with Gasteiger partial charge in [-0.2, -0.15) is 0 Å². The van der Waals surface area contributed by atoms with Crippen molar-refractivity contribution in [2.24, 2.45) is 10.8 Å². The largest absolute Gasteiger partial charge is 0.294 e. The van der Waals surface area contributed by atoms with Gasteiger partial charge in [0.1, 0.15) is 0 Å². The fraction of sp³-hybridized carbons (Fsp3) is 0.500. The molecule has 0 aliphatic heterocycles. The van der Waals surface area contributed by atoms with E-state index < -0.39 is 10.8 Å². The van der Waals surface area contributed by atoms with Gasteiger partial charge in [-0.3, -0.25) is 9.59 Å². The van der Waals surface area contributed by atoms with E-state index in [9.17, 15) is 9.59 Å². The minimum atomic E-state index is -0.456. The first kappa shape index (κ1) is 16.1. The van der Waals surface area contributed by atoms with Gasteiger partial charge in [-0.15, -0.1) is 0 Å². The molecular weight excluding hydrogens is 304 g/mol. The van der Waals surface area contributed by atoms with E-state index in [-0.39, 0.29) is 11.6 Å². The van der Waals surface area contributed by atoms with Gasteiger partial charge >= 0.3 is 0 Å². The third-order valence-corrected chi connectivity index (χ3v) is 3.24. The monoisotopic (exact) mass is 324 g/mol. The molecule has 0 saturated carbocycles. The van der Waals surface area contributed by atoms with Crippen molar-refractivity contribution < 1.29 is 9.59 Å². The maximum atomic E-state index is 12.3. The summed E-state index contributed by atoms with van der Waals surface area (Å²) in [5.74, 6) is 0.0773. The Morgan fingerprint density at radius 2 is 1.11 bits per heavy atom. The minimum absolute atomic E-state index is 0.0387. The Bertz CT molecular complexity index is 472. The van der Waals surface area contributed by atoms with E-state index in [0.29, 0.717) is 11.1 Å². The molecule has 1 rings (SSSR count). The van der Waals surface area contributed by atoms with Gasteiger partial charge in [-0.1, -0.05) is 57.5 Å². The van der Waals surface area contributed by atoms with E-state index >= 15 is 0 Å². The van der Waals surface area contributed by atoms with E-state index in [0.717, 1.165) is 4.47 Å². The number of hydrogen-bond acceptors (Lipinski definition) is 2. The Hall–Kier alpha value is -0.960. The van der Waals surface area contributed by atoms with Crippen LogP contribution in [-0.2, 0) is 0 Å². The van der Waals surface area contributed by atoms with Crippen LogP contribution < -0.4 is 0 Å². The fourth-order valence-electron chi connectivity index (χ4n) is 1.72. The highest BCUT2D eigenvalue weighted by Gasteiger charge is 2.27. The zero-order valence-electron chi connectivity index (χ0n) is 12.4. The van der Waals surface area contributed by atoms with Crippen molar-refractivity contribution >= 4 is 27.5 Å². The minimum Gasteiger partial charge on any atom is -0.294 e. The summed E-state index contributed by atoms with van der Waals surface area (Å²) in [6.45, 7) is 11.3. The topological polar surface area (TPSA) is 34.1 Å². The van der Waals surface area contributed by atoms with Crippen LogP contribution in [0.1, 0.15) is 62.3 Å². The summed E-state index contributed by atoms with van der Waals surface area (Å²) in [7, 11) is 0. The van der Waals surface area contributed by atoms with Crippen molar-refractivity contribution in [3.05, 3.63) is 33.8 Å². The van der Waals surface area contributed by atoms with E-state index in [4.69, 9.17) is 0 Å². The van der Waals surface area contributed by atoms with E-state index in [1.807, 2.05) is 41.5 Å². The van der Waals surface area contributed by atoms with Crippen molar-refractivity contribution in [2.45, 2.75) is 41.5 Å². The molecule has 0 spiro atoms. The number of rotatable bonds is 2. The Morgan fingerprint density at radius 1 is 0.789 bits per heavy atom. The number of carbonyl (C=O) groups is 2. The van der Waals surface area contributed by atoms with Crippen LogP contribution in [0.15, 0.2) is 22.7 Å². The van der Waals surface area contributed by atoms with Crippen LogP contribution in [0.3, 0.4) is 0 Å². The molecule has 0 aromatic heterocycles. The van der Waals surface area contributed by atoms with Crippen molar-refractivity contribution in [2.75, 3.05) is 0 Å². The molecule has 1 aromatic carbocycles. The molecule has 0 aliphatic carbocycles. The first-order chi connectivity index (χ1) is 8.43. The zero-order valence-corrected chi connectivity index (χ0v) is 14.0. The van der Waals surface area contributed by atoms with Crippen molar-refractivity contribution in [1.82, 2.24) is 0 Å². The highest BCUT2D eigenvalue weighted by atomic mass is 79.9. The maximum Gasteiger partial charge on any atom is 0.168 e. The number of benzene rings is 1. The van der Waals surface area contributed by atoms with Gasteiger partial charge in [0, 0.05) is 26.4 Å². The molecular formula is C16H21BrO2. The first-order valence-electron chi connectivity index (χ1n) is 6.33. The van der Waals surface area contributed by atoms with Crippen LogP contribution in [-0.4, -0.2) is 11.6 Å². The third kappa shape index (κ3) is 4.00. The average molecular weight is 325 g/mol. The lowest BCUT2D eigenvalue weighted by Gasteiger charge is -2.20. The molecule has 19 heavy (non-hydrogen) atoms. The SMILES string of the molecule is CC(C)(C)C(=O)c1cc(Br)cc(C(=O)C(C)(C)C)c1. The number of hydrogen-bond donors (Lipinski definition) is 0. The van der Waals surface area contributed by atoms with E-state index in [1.54, 1.807) is 18.2 Å². The van der Waals surface area contributed by atoms with Gasteiger partial charge in [-0.05, 0) is 18.2 Å². The number of carbonyl (C=O) groups excluding carboxylic acids is 2. The van der Waals surface area contributed by atoms with Gasteiger partial charge in [0.05, 0.1) is 0 Å². The second-order valence-corrected chi connectivity index (χ2v) is 7.80. The predicted octanol–water partition coefficient (Wildman–Crippen LogP) is 4.91. The second-order valence-electron chi connectivity index (χ2n) is 6.89. The number of halogens is 1. The van der Waals surface area contributed by atoms with Crippen LogP contribution in [0.4, 0.5) is 0 Å². The molecule has 0 saturated heterocycles. The van der Waals surface area contributed by atoms with Crippen LogP contribution in [0.5, 0.6) is 0 Å². The summed E-state index contributed by atoms with van der Waals surface area (Å²) in [6.07, 6.45) is 0. The summed E-state index contributed by atoms with van der Waals surface area (Å²) in [6, 6.07) is 5.24. The van der Waals surface area contributed by atoms with Crippen molar-refractivity contribution in [3.63, 3.8) is 0 Å². The van der Waals surface area contributed by atoms with Crippen molar-refractivity contribution in [1.29, 1.82) is 0 Å². The summed E-state index contributed by atoms with van der Waals surface area (Å²) in [5.41, 5.74) is 0.245. The smallest absolute Gasteiger partial charge is 0.168 e. The van der Waals surface area contributed by atoms with Crippen molar-refractivity contribution in [3.8, 4) is 0 Å². The molecule has 0 fully saturated rings. The Morgan fingerprint density at radius 3 is 1.37 bits per heavy atom.